The van der Waals surface area contributed by atoms with E-state index in [1.54, 1.807) is 12.1 Å². The van der Waals surface area contributed by atoms with Crippen LogP contribution in [0.25, 0.3) is 0 Å². The van der Waals surface area contributed by atoms with Crippen LogP contribution in [0.15, 0.2) is 47.4 Å². The van der Waals surface area contributed by atoms with Gasteiger partial charge in [-0.1, -0.05) is 23.7 Å². The Labute approximate surface area is 125 Å². The number of nitrogens with zero attached hydrogens (tertiary/aromatic N) is 1. The molecule has 20 heavy (non-hydrogen) atoms. The zero-order chi connectivity index (χ0) is 14.5. The maximum atomic E-state index is 11.0. The lowest BCUT2D eigenvalue weighted by molar-refractivity contribution is -0.385. The number of thioether (sulfide) groups is 1. The van der Waals surface area contributed by atoms with E-state index >= 15 is 0 Å². The zero-order valence-corrected chi connectivity index (χ0v) is 12.0. The van der Waals surface area contributed by atoms with Crippen LogP contribution in [-0.4, -0.2) is 10.0 Å². The highest BCUT2D eigenvalue weighted by Gasteiger charge is 2.14. The molecule has 1 N–H and O–H groups in total. The van der Waals surface area contributed by atoms with E-state index in [-0.39, 0.29) is 12.3 Å². The highest BCUT2D eigenvalue weighted by Crippen LogP contribution is 2.30. The molecule has 0 bridgehead atoms. The molecule has 0 saturated heterocycles. The van der Waals surface area contributed by atoms with Gasteiger partial charge >= 0.3 is 0 Å². The second-order valence-electron chi connectivity index (χ2n) is 4.12. The summed E-state index contributed by atoms with van der Waals surface area (Å²) < 4.78 is 0. The maximum absolute atomic E-state index is 11.0. The van der Waals surface area contributed by atoms with Gasteiger partial charge in [0, 0.05) is 27.3 Å². The van der Waals surface area contributed by atoms with E-state index in [2.05, 4.69) is 0 Å². The Morgan fingerprint density at radius 2 is 1.90 bits per heavy atom. The standard InChI is InChI=1S/C14H12ClNO3S/c15-12-4-3-11(14(7-12)16(18)19)9-20-13-5-1-10(8-17)2-6-13/h1-7,17H,8-9H2. The van der Waals surface area contributed by atoms with E-state index in [1.807, 2.05) is 24.3 Å². The summed E-state index contributed by atoms with van der Waals surface area (Å²) in [4.78, 5) is 11.6. The van der Waals surface area contributed by atoms with Crippen LogP contribution in [0.4, 0.5) is 5.69 Å². The van der Waals surface area contributed by atoms with Crippen molar-refractivity contribution in [1.82, 2.24) is 0 Å². The first-order valence-corrected chi connectivity index (χ1v) is 7.22. The lowest BCUT2D eigenvalue weighted by atomic mass is 10.2. The van der Waals surface area contributed by atoms with E-state index in [0.29, 0.717) is 16.3 Å². The Morgan fingerprint density at radius 3 is 2.50 bits per heavy atom. The number of nitro groups is 1. The monoisotopic (exact) mass is 309 g/mol. The van der Waals surface area contributed by atoms with Gasteiger partial charge in [0.25, 0.3) is 5.69 Å². The van der Waals surface area contributed by atoms with Gasteiger partial charge in [0.15, 0.2) is 0 Å². The fourth-order valence-corrected chi connectivity index (χ4v) is 2.74. The quantitative estimate of drug-likeness (QED) is 0.514. The third-order valence-corrected chi connectivity index (χ3v) is 4.04. The number of benzene rings is 2. The van der Waals surface area contributed by atoms with Gasteiger partial charge < -0.3 is 5.11 Å². The molecule has 0 heterocycles. The Bertz CT molecular complexity index is 616. The molecule has 2 rings (SSSR count). The fourth-order valence-electron chi connectivity index (χ4n) is 1.68. The van der Waals surface area contributed by atoms with Gasteiger partial charge in [-0.3, -0.25) is 10.1 Å². The summed E-state index contributed by atoms with van der Waals surface area (Å²) in [6.07, 6.45) is 0. The van der Waals surface area contributed by atoms with Gasteiger partial charge in [-0.05, 0) is 29.8 Å². The average molecular weight is 310 g/mol. The van der Waals surface area contributed by atoms with E-state index in [9.17, 15) is 10.1 Å². The SMILES string of the molecule is O=[N+]([O-])c1cc(Cl)ccc1CSc1ccc(CO)cc1. The van der Waals surface area contributed by atoms with Gasteiger partial charge in [-0.15, -0.1) is 11.8 Å². The second-order valence-corrected chi connectivity index (χ2v) is 5.61. The van der Waals surface area contributed by atoms with E-state index in [1.165, 1.54) is 17.8 Å². The van der Waals surface area contributed by atoms with Crippen LogP contribution in [0.1, 0.15) is 11.1 Å². The number of halogens is 1. The van der Waals surface area contributed by atoms with E-state index < -0.39 is 4.92 Å². The van der Waals surface area contributed by atoms with Crippen LogP contribution in [0.5, 0.6) is 0 Å². The molecule has 0 aliphatic heterocycles. The molecule has 2 aromatic carbocycles. The van der Waals surface area contributed by atoms with Crippen LogP contribution in [0.3, 0.4) is 0 Å². The normalized spacial score (nSPS) is 10.5. The van der Waals surface area contributed by atoms with Gasteiger partial charge in [0.1, 0.15) is 0 Å². The molecule has 0 unspecified atom stereocenters. The van der Waals surface area contributed by atoms with Crippen LogP contribution >= 0.6 is 23.4 Å². The molecule has 0 aliphatic rings. The average Bonchev–Trinajstić information content (AvgIpc) is 2.46. The maximum Gasteiger partial charge on any atom is 0.274 e. The van der Waals surface area contributed by atoms with Crippen LogP contribution in [0, 0.1) is 10.1 Å². The number of hydrogen-bond donors (Lipinski definition) is 1. The van der Waals surface area contributed by atoms with E-state index in [4.69, 9.17) is 16.7 Å². The smallest absolute Gasteiger partial charge is 0.274 e. The molecule has 6 heteroatoms. The van der Waals surface area contributed by atoms with Crippen molar-refractivity contribution in [2.24, 2.45) is 0 Å². The first-order valence-electron chi connectivity index (χ1n) is 5.85. The molecule has 0 saturated carbocycles. The van der Waals surface area contributed by atoms with Gasteiger partial charge in [0.05, 0.1) is 11.5 Å². The van der Waals surface area contributed by atoms with Crippen molar-refractivity contribution in [3.8, 4) is 0 Å². The van der Waals surface area contributed by atoms with Crippen LogP contribution in [0.2, 0.25) is 5.02 Å². The van der Waals surface area contributed by atoms with Crippen molar-refractivity contribution in [1.29, 1.82) is 0 Å². The highest BCUT2D eigenvalue weighted by atomic mass is 35.5. The molecular weight excluding hydrogens is 298 g/mol. The van der Waals surface area contributed by atoms with Crippen LogP contribution in [-0.2, 0) is 12.4 Å². The van der Waals surface area contributed by atoms with Crippen molar-refractivity contribution in [3.63, 3.8) is 0 Å². The minimum absolute atomic E-state index is 0.00754. The molecule has 0 aliphatic carbocycles. The molecule has 0 fully saturated rings. The summed E-state index contributed by atoms with van der Waals surface area (Å²) >= 11 is 7.28. The first kappa shape index (κ1) is 14.8. The van der Waals surface area contributed by atoms with Crippen molar-refractivity contribution in [3.05, 3.63) is 68.7 Å². The number of aliphatic hydroxyl groups is 1. The summed E-state index contributed by atoms with van der Waals surface area (Å²) in [6, 6.07) is 12.1. The lowest BCUT2D eigenvalue weighted by Crippen LogP contribution is -1.94. The number of hydrogen-bond acceptors (Lipinski definition) is 4. The molecular formula is C14H12ClNO3S. The molecule has 0 amide bonds. The Kier molecular flexibility index (Phi) is 5.00. The third-order valence-electron chi connectivity index (χ3n) is 2.74. The molecule has 2 aromatic rings. The number of aliphatic hydroxyl groups excluding tert-OH is 1. The van der Waals surface area contributed by atoms with Gasteiger partial charge in [-0.25, -0.2) is 0 Å². The summed E-state index contributed by atoms with van der Waals surface area (Å²) in [7, 11) is 0. The van der Waals surface area contributed by atoms with Crippen molar-refractivity contribution in [2.45, 2.75) is 17.3 Å². The summed E-state index contributed by atoms with van der Waals surface area (Å²) in [5, 5.41) is 20.3. The highest BCUT2D eigenvalue weighted by molar-refractivity contribution is 7.98. The largest absolute Gasteiger partial charge is 0.392 e. The lowest BCUT2D eigenvalue weighted by Gasteiger charge is -2.04. The predicted octanol–water partition coefficient (Wildman–Crippen LogP) is 4.03. The topological polar surface area (TPSA) is 63.4 Å². The third kappa shape index (κ3) is 3.72. The minimum atomic E-state index is -0.420. The summed E-state index contributed by atoms with van der Waals surface area (Å²) in [5.74, 6) is 0.492. The Morgan fingerprint density at radius 1 is 1.20 bits per heavy atom. The number of rotatable bonds is 5. The summed E-state index contributed by atoms with van der Waals surface area (Å²) in [5.41, 5.74) is 1.51. The Hall–Kier alpha value is -1.56. The molecule has 0 radical (unpaired) electrons. The summed E-state index contributed by atoms with van der Waals surface area (Å²) in [6.45, 7) is 0.00754. The fraction of sp³-hybridized carbons (Fsp3) is 0.143. The van der Waals surface area contributed by atoms with Gasteiger partial charge in [0.2, 0.25) is 0 Å². The number of nitro benzene ring substituents is 1. The van der Waals surface area contributed by atoms with E-state index in [0.717, 1.165) is 10.5 Å². The molecule has 104 valence electrons. The zero-order valence-electron chi connectivity index (χ0n) is 10.5. The molecule has 0 atom stereocenters. The van der Waals surface area contributed by atoms with Crippen molar-refractivity contribution < 1.29 is 10.0 Å². The molecule has 0 spiro atoms. The van der Waals surface area contributed by atoms with Crippen LogP contribution < -0.4 is 0 Å². The minimum Gasteiger partial charge on any atom is -0.392 e. The Balaban J connectivity index is 2.12. The van der Waals surface area contributed by atoms with Crippen molar-refractivity contribution in [2.75, 3.05) is 0 Å². The second kappa shape index (κ2) is 6.74. The van der Waals surface area contributed by atoms with Gasteiger partial charge in [-0.2, -0.15) is 0 Å². The van der Waals surface area contributed by atoms with Crippen molar-refractivity contribution >= 4 is 29.1 Å². The predicted molar refractivity (Wildman–Crippen MR) is 80.0 cm³/mol. The molecule has 4 nitrogen and oxygen atoms in total. The first-order chi connectivity index (χ1) is 9.60. The molecule has 0 aromatic heterocycles.